The zero-order valence-electron chi connectivity index (χ0n) is 11.1. The number of aliphatic hydroxyl groups is 1. The van der Waals surface area contributed by atoms with Crippen LogP contribution in [0, 0.1) is 0 Å². The molecule has 19 heavy (non-hydrogen) atoms. The number of hydrogen-bond donors (Lipinski definition) is 1. The lowest BCUT2D eigenvalue weighted by Gasteiger charge is -2.36. The molecule has 1 saturated heterocycles. The van der Waals surface area contributed by atoms with Crippen LogP contribution in [0.3, 0.4) is 0 Å². The first-order valence-corrected chi connectivity index (χ1v) is 7.06. The zero-order valence-corrected chi connectivity index (χ0v) is 12.7. The van der Waals surface area contributed by atoms with Gasteiger partial charge in [0.15, 0.2) is 0 Å². The average Bonchev–Trinajstić information content (AvgIpc) is 2.37. The van der Waals surface area contributed by atoms with E-state index in [0.717, 1.165) is 10.0 Å². The van der Waals surface area contributed by atoms with Gasteiger partial charge in [-0.25, -0.2) is 0 Å². The highest BCUT2D eigenvalue weighted by Gasteiger charge is 2.33. The van der Waals surface area contributed by atoms with Gasteiger partial charge in [-0.2, -0.15) is 0 Å². The maximum Gasteiger partial charge on any atom is 0.254 e. The van der Waals surface area contributed by atoms with E-state index in [2.05, 4.69) is 15.9 Å². The van der Waals surface area contributed by atoms with Crippen molar-refractivity contribution in [3.8, 4) is 0 Å². The van der Waals surface area contributed by atoms with Gasteiger partial charge in [0.1, 0.15) is 11.7 Å². The third-order valence-corrected chi connectivity index (χ3v) is 3.85. The van der Waals surface area contributed by atoms with E-state index < -0.39 is 5.60 Å². The van der Waals surface area contributed by atoms with Crippen LogP contribution in [0.25, 0.3) is 0 Å². The molecule has 104 valence electrons. The number of benzene rings is 1. The molecule has 1 aromatic carbocycles. The maximum atomic E-state index is 12.1. The van der Waals surface area contributed by atoms with Gasteiger partial charge in [0, 0.05) is 11.0 Å². The number of rotatable bonds is 2. The molecule has 1 aromatic rings. The summed E-state index contributed by atoms with van der Waals surface area (Å²) in [6.45, 7) is 4.49. The number of nitrogens with zero attached hydrogens (tertiary/aromatic N) is 1. The Morgan fingerprint density at radius 1 is 1.47 bits per heavy atom. The van der Waals surface area contributed by atoms with Crippen molar-refractivity contribution in [2.45, 2.75) is 25.6 Å². The van der Waals surface area contributed by atoms with Crippen molar-refractivity contribution < 1.29 is 14.6 Å². The van der Waals surface area contributed by atoms with E-state index in [0.29, 0.717) is 19.7 Å². The topological polar surface area (TPSA) is 49.8 Å². The first-order chi connectivity index (χ1) is 8.89. The number of amides is 1. The number of halogens is 1. The summed E-state index contributed by atoms with van der Waals surface area (Å²) in [4.78, 5) is 13.8. The Balaban J connectivity index is 2.14. The van der Waals surface area contributed by atoms with Crippen LogP contribution in [-0.2, 0) is 9.53 Å². The summed E-state index contributed by atoms with van der Waals surface area (Å²) in [5.41, 5.74) is -0.314. The van der Waals surface area contributed by atoms with Crippen LogP contribution < -0.4 is 0 Å². The quantitative estimate of drug-likeness (QED) is 0.905. The molecule has 1 fully saturated rings. The van der Waals surface area contributed by atoms with E-state index in [4.69, 9.17) is 4.74 Å². The number of carbonyl (C=O) groups is 1. The Labute approximate surface area is 121 Å². The Hall–Kier alpha value is -0.910. The Morgan fingerprint density at radius 2 is 2.16 bits per heavy atom. The first-order valence-electron chi connectivity index (χ1n) is 6.27. The summed E-state index contributed by atoms with van der Waals surface area (Å²) in [7, 11) is 0. The van der Waals surface area contributed by atoms with E-state index >= 15 is 0 Å². The van der Waals surface area contributed by atoms with E-state index in [1.807, 2.05) is 24.3 Å². The molecule has 0 bridgehead atoms. The zero-order chi connectivity index (χ0) is 14.0. The molecule has 1 aliphatic rings. The third kappa shape index (κ3) is 3.35. The normalized spacial score (nSPS) is 20.4. The predicted molar refractivity (Wildman–Crippen MR) is 75.7 cm³/mol. The summed E-state index contributed by atoms with van der Waals surface area (Å²) >= 11 is 3.50. The van der Waals surface area contributed by atoms with E-state index in [1.54, 1.807) is 4.90 Å². The number of carbonyl (C=O) groups excluding carboxylic acids is 1. The lowest BCUT2D eigenvalue weighted by Crippen LogP contribution is -2.50. The van der Waals surface area contributed by atoms with Gasteiger partial charge in [0.25, 0.3) is 5.91 Å². The number of morpholine rings is 1. The first kappa shape index (κ1) is 14.5. The molecule has 0 radical (unpaired) electrons. The molecule has 1 amide bonds. The standard InChI is InChI=1S/C14H18BrNO3/c1-14(2,18)13(17)16-7-8-19-12(9-16)10-5-3-4-6-11(10)15/h3-6,12,18H,7-9H2,1-2H3. The minimum atomic E-state index is -1.34. The van der Waals surface area contributed by atoms with E-state index in [9.17, 15) is 9.90 Å². The summed E-state index contributed by atoms with van der Waals surface area (Å²) in [6.07, 6.45) is -0.157. The van der Waals surface area contributed by atoms with Gasteiger partial charge in [-0.05, 0) is 25.5 Å². The van der Waals surface area contributed by atoms with Gasteiger partial charge in [-0.3, -0.25) is 4.79 Å². The fourth-order valence-corrected chi connectivity index (χ4v) is 2.69. The fourth-order valence-electron chi connectivity index (χ4n) is 2.15. The molecule has 5 heteroatoms. The minimum absolute atomic E-state index is 0.157. The monoisotopic (exact) mass is 327 g/mol. The minimum Gasteiger partial charge on any atom is -0.381 e. The van der Waals surface area contributed by atoms with Crippen LogP contribution in [0.5, 0.6) is 0 Å². The van der Waals surface area contributed by atoms with E-state index in [-0.39, 0.29) is 12.0 Å². The Morgan fingerprint density at radius 3 is 2.79 bits per heavy atom. The average molecular weight is 328 g/mol. The highest BCUT2D eigenvalue weighted by atomic mass is 79.9. The molecule has 1 atom stereocenters. The van der Waals surface area contributed by atoms with E-state index in [1.165, 1.54) is 13.8 Å². The van der Waals surface area contributed by atoms with Gasteiger partial charge in [0.05, 0.1) is 13.2 Å². The van der Waals surface area contributed by atoms with Gasteiger partial charge in [0.2, 0.25) is 0 Å². The van der Waals surface area contributed by atoms with Crippen LogP contribution in [0.15, 0.2) is 28.7 Å². The summed E-state index contributed by atoms with van der Waals surface area (Å²) in [6, 6.07) is 7.82. The van der Waals surface area contributed by atoms with Crippen molar-refractivity contribution in [1.29, 1.82) is 0 Å². The van der Waals surface area contributed by atoms with Crippen LogP contribution in [-0.4, -0.2) is 41.2 Å². The molecule has 0 aliphatic carbocycles. The number of hydrogen-bond acceptors (Lipinski definition) is 3. The second kappa shape index (κ2) is 5.61. The van der Waals surface area contributed by atoms with Gasteiger partial charge in [-0.15, -0.1) is 0 Å². The Kier molecular flexibility index (Phi) is 4.28. The molecule has 0 saturated carbocycles. The fraction of sp³-hybridized carbons (Fsp3) is 0.500. The van der Waals surface area contributed by atoms with Crippen LogP contribution in [0.4, 0.5) is 0 Å². The molecule has 1 N–H and O–H groups in total. The van der Waals surface area contributed by atoms with Crippen molar-refractivity contribution in [3.63, 3.8) is 0 Å². The summed E-state index contributed by atoms with van der Waals surface area (Å²) in [5, 5.41) is 9.81. The van der Waals surface area contributed by atoms with Crippen molar-refractivity contribution in [2.75, 3.05) is 19.7 Å². The molecule has 4 nitrogen and oxygen atoms in total. The second-order valence-electron chi connectivity index (χ2n) is 5.19. The summed E-state index contributed by atoms with van der Waals surface area (Å²) < 4.78 is 6.70. The maximum absolute atomic E-state index is 12.1. The molecule has 1 unspecified atom stereocenters. The highest BCUT2D eigenvalue weighted by molar-refractivity contribution is 9.10. The number of ether oxygens (including phenoxy) is 1. The molecular formula is C14H18BrNO3. The van der Waals surface area contributed by atoms with Crippen LogP contribution in [0.1, 0.15) is 25.5 Å². The predicted octanol–water partition coefficient (Wildman–Crippen LogP) is 2.12. The summed E-state index contributed by atoms with van der Waals surface area (Å²) in [5.74, 6) is -0.257. The van der Waals surface area contributed by atoms with Gasteiger partial charge >= 0.3 is 0 Å². The molecule has 0 aromatic heterocycles. The second-order valence-corrected chi connectivity index (χ2v) is 6.05. The van der Waals surface area contributed by atoms with Crippen molar-refractivity contribution in [3.05, 3.63) is 34.3 Å². The third-order valence-electron chi connectivity index (χ3n) is 3.13. The molecule has 1 aliphatic heterocycles. The van der Waals surface area contributed by atoms with Crippen molar-refractivity contribution in [1.82, 2.24) is 4.90 Å². The van der Waals surface area contributed by atoms with Crippen LogP contribution >= 0.6 is 15.9 Å². The lowest BCUT2D eigenvalue weighted by molar-refractivity contribution is -0.155. The highest BCUT2D eigenvalue weighted by Crippen LogP contribution is 2.29. The van der Waals surface area contributed by atoms with Crippen molar-refractivity contribution >= 4 is 21.8 Å². The smallest absolute Gasteiger partial charge is 0.254 e. The lowest BCUT2D eigenvalue weighted by atomic mass is 10.0. The SMILES string of the molecule is CC(C)(O)C(=O)N1CCOC(c2ccccc2Br)C1. The van der Waals surface area contributed by atoms with Crippen LogP contribution in [0.2, 0.25) is 0 Å². The Bertz CT molecular complexity index is 470. The largest absolute Gasteiger partial charge is 0.381 e. The van der Waals surface area contributed by atoms with Gasteiger partial charge in [-0.1, -0.05) is 34.1 Å². The van der Waals surface area contributed by atoms with Crippen molar-refractivity contribution in [2.24, 2.45) is 0 Å². The molecule has 0 spiro atoms. The van der Waals surface area contributed by atoms with Gasteiger partial charge < -0.3 is 14.7 Å². The molecular weight excluding hydrogens is 310 g/mol. The molecule has 2 rings (SSSR count). The molecule has 1 heterocycles.